The number of anilines is 2. The summed E-state index contributed by atoms with van der Waals surface area (Å²) in [4.78, 5) is 4.10. The fourth-order valence-electron chi connectivity index (χ4n) is 1.79. The van der Waals surface area contributed by atoms with Crippen molar-refractivity contribution < 1.29 is 0 Å². The molecule has 3 heteroatoms. The average molecular weight is 199 g/mol. The summed E-state index contributed by atoms with van der Waals surface area (Å²) in [5.41, 5.74) is 7.87. The largest absolute Gasteiger partial charge is 0.398 e. The third kappa shape index (κ3) is 1.50. The highest BCUT2D eigenvalue weighted by molar-refractivity contribution is 6.00. The van der Waals surface area contributed by atoms with Crippen molar-refractivity contribution in [1.82, 2.24) is 4.98 Å². The Morgan fingerprint density at radius 2 is 2.07 bits per heavy atom. The van der Waals surface area contributed by atoms with Gasteiger partial charge in [0, 0.05) is 40.6 Å². The Morgan fingerprint density at radius 3 is 2.87 bits per heavy atom. The smallest absolute Gasteiger partial charge is 0.0424 e. The first-order valence-corrected chi connectivity index (χ1v) is 5.23. The van der Waals surface area contributed by atoms with E-state index in [-0.39, 0.29) is 0 Å². The molecule has 15 heavy (non-hydrogen) atoms. The third-order valence-corrected chi connectivity index (χ3v) is 2.79. The maximum Gasteiger partial charge on any atom is 0.0424 e. The lowest BCUT2D eigenvalue weighted by atomic mass is 10.1. The summed E-state index contributed by atoms with van der Waals surface area (Å²) >= 11 is 0. The molecule has 3 rings (SSSR count). The van der Waals surface area contributed by atoms with Gasteiger partial charge in [-0.3, -0.25) is 4.98 Å². The van der Waals surface area contributed by atoms with Crippen LogP contribution in [0.15, 0.2) is 30.6 Å². The van der Waals surface area contributed by atoms with E-state index in [2.05, 4.69) is 16.4 Å². The fourth-order valence-corrected chi connectivity index (χ4v) is 1.79. The van der Waals surface area contributed by atoms with E-state index in [0.29, 0.717) is 6.04 Å². The number of benzene rings is 1. The number of hydrogen-bond acceptors (Lipinski definition) is 3. The van der Waals surface area contributed by atoms with Crippen molar-refractivity contribution in [2.75, 3.05) is 11.1 Å². The summed E-state index contributed by atoms with van der Waals surface area (Å²) < 4.78 is 0. The molecule has 0 saturated heterocycles. The quantitative estimate of drug-likeness (QED) is 0.730. The number of nitrogens with one attached hydrogen (secondary N) is 1. The molecule has 1 fully saturated rings. The molecular formula is C12H13N3. The lowest BCUT2D eigenvalue weighted by Crippen LogP contribution is -2.02. The van der Waals surface area contributed by atoms with E-state index in [1.807, 2.05) is 18.3 Å². The maximum absolute atomic E-state index is 5.90. The van der Waals surface area contributed by atoms with Crippen LogP contribution in [0.25, 0.3) is 10.8 Å². The molecule has 1 aromatic heterocycles. The first kappa shape index (κ1) is 8.53. The van der Waals surface area contributed by atoms with E-state index in [1.54, 1.807) is 6.20 Å². The molecule has 0 unspecified atom stereocenters. The van der Waals surface area contributed by atoms with Gasteiger partial charge in [0.25, 0.3) is 0 Å². The normalized spacial score (nSPS) is 15.5. The predicted molar refractivity (Wildman–Crippen MR) is 62.8 cm³/mol. The molecule has 1 saturated carbocycles. The molecular weight excluding hydrogens is 186 g/mol. The predicted octanol–water partition coefficient (Wildman–Crippen LogP) is 2.39. The number of hydrogen-bond donors (Lipinski definition) is 2. The van der Waals surface area contributed by atoms with Crippen molar-refractivity contribution in [3.63, 3.8) is 0 Å². The SMILES string of the molecule is Nc1ccc(NC2CC2)c2ccncc12. The third-order valence-electron chi connectivity index (χ3n) is 2.79. The topological polar surface area (TPSA) is 50.9 Å². The Labute approximate surface area is 88.3 Å². The summed E-state index contributed by atoms with van der Waals surface area (Å²) in [6.07, 6.45) is 6.18. The van der Waals surface area contributed by atoms with E-state index in [9.17, 15) is 0 Å². The van der Waals surface area contributed by atoms with Crippen LogP contribution in [0.2, 0.25) is 0 Å². The van der Waals surface area contributed by atoms with Crippen molar-refractivity contribution in [3.8, 4) is 0 Å². The molecule has 1 aromatic carbocycles. The number of pyridine rings is 1. The van der Waals surface area contributed by atoms with E-state index in [0.717, 1.165) is 16.5 Å². The molecule has 3 N–H and O–H groups in total. The highest BCUT2D eigenvalue weighted by Gasteiger charge is 2.21. The van der Waals surface area contributed by atoms with Gasteiger partial charge >= 0.3 is 0 Å². The van der Waals surface area contributed by atoms with Crippen LogP contribution in [0.4, 0.5) is 11.4 Å². The van der Waals surface area contributed by atoms with E-state index < -0.39 is 0 Å². The molecule has 76 valence electrons. The molecule has 0 atom stereocenters. The molecule has 3 nitrogen and oxygen atoms in total. The Morgan fingerprint density at radius 1 is 1.20 bits per heavy atom. The number of nitrogens with two attached hydrogens (primary N) is 1. The standard InChI is InChI=1S/C12H13N3/c13-11-3-4-12(15-8-1-2-8)9-5-6-14-7-10(9)11/h3-8,15H,1-2,13H2. The molecule has 0 amide bonds. The zero-order chi connectivity index (χ0) is 10.3. The van der Waals surface area contributed by atoms with Gasteiger partial charge in [-0.25, -0.2) is 0 Å². The average Bonchev–Trinajstić information content (AvgIpc) is 3.07. The number of aromatic nitrogens is 1. The summed E-state index contributed by atoms with van der Waals surface area (Å²) in [6.45, 7) is 0. The minimum absolute atomic E-state index is 0.657. The first-order chi connectivity index (χ1) is 7.34. The monoisotopic (exact) mass is 199 g/mol. The maximum atomic E-state index is 5.90. The Kier molecular flexibility index (Phi) is 1.78. The van der Waals surface area contributed by atoms with Crippen LogP contribution >= 0.6 is 0 Å². The summed E-state index contributed by atoms with van der Waals surface area (Å²) in [5, 5.41) is 5.70. The zero-order valence-electron chi connectivity index (χ0n) is 8.40. The molecule has 1 aliphatic rings. The summed E-state index contributed by atoms with van der Waals surface area (Å²) in [6, 6.07) is 6.66. The molecule has 0 aliphatic heterocycles. The molecule has 2 aromatic rings. The van der Waals surface area contributed by atoms with Gasteiger partial charge in [-0.15, -0.1) is 0 Å². The zero-order valence-corrected chi connectivity index (χ0v) is 8.40. The van der Waals surface area contributed by atoms with Crippen LogP contribution < -0.4 is 11.1 Å². The molecule has 1 heterocycles. The van der Waals surface area contributed by atoms with Gasteiger partial charge in [-0.1, -0.05) is 0 Å². The molecule has 0 spiro atoms. The minimum atomic E-state index is 0.657. The van der Waals surface area contributed by atoms with Crippen LogP contribution in [-0.4, -0.2) is 11.0 Å². The van der Waals surface area contributed by atoms with Crippen LogP contribution in [0, 0.1) is 0 Å². The molecule has 1 aliphatic carbocycles. The Hall–Kier alpha value is -1.77. The van der Waals surface area contributed by atoms with Crippen LogP contribution in [0.1, 0.15) is 12.8 Å². The first-order valence-electron chi connectivity index (χ1n) is 5.23. The number of fused-ring (bicyclic) bond motifs is 1. The lowest BCUT2D eigenvalue weighted by Gasteiger charge is -2.09. The van der Waals surface area contributed by atoms with E-state index in [1.165, 1.54) is 18.5 Å². The van der Waals surface area contributed by atoms with Crippen LogP contribution in [0.3, 0.4) is 0 Å². The number of nitrogens with zero attached hydrogens (tertiary/aromatic N) is 1. The molecule has 0 bridgehead atoms. The van der Waals surface area contributed by atoms with Gasteiger partial charge < -0.3 is 11.1 Å². The second kappa shape index (κ2) is 3.12. The second-order valence-corrected chi connectivity index (χ2v) is 4.04. The van der Waals surface area contributed by atoms with Crippen molar-refractivity contribution in [3.05, 3.63) is 30.6 Å². The van der Waals surface area contributed by atoms with Crippen LogP contribution in [-0.2, 0) is 0 Å². The highest BCUT2D eigenvalue weighted by atomic mass is 15.0. The fraction of sp³-hybridized carbons (Fsp3) is 0.250. The van der Waals surface area contributed by atoms with Crippen LogP contribution in [0.5, 0.6) is 0 Å². The Bertz CT molecular complexity index is 503. The van der Waals surface area contributed by atoms with Gasteiger partial charge in [-0.2, -0.15) is 0 Å². The van der Waals surface area contributed by atoms with Gasteiger partial charge in [0.05, 0.1) is 0 Å². The van der Waals surface area contributed by atoms with Crippen molar-refractivity contribution in [2.24, 2.45) is 0 Å². The Balaban J connectivity index is 2.16. The lowest BCUT2D eigenvalue weighted by molar-refractivity contribution is 1.16. The second-order valence-electron chi connectivity index (χ2n) is 4.04. The van der Waals surface area contributed by atoms with E-state index >= 15 is 0 Å². The summed E-state index contributed by atoms with van der Waals surface area (Å²) in [7, 11) is 0. The van der Waals surface area contributed by atoms with Crippen molar-refractivity contribution in [1.29, 1.82) is 0 Å². The molecule has 0 radical (unpaired) electrons. The highest BCUT2D eigenvalue weighted by Crippen LogP contribution is 2.31. The summed E-state index contributed by atoms with van der Waals surface area (Å²) in [5.74, 6) is 0. The minimum Gasteiger partial charge on any atom is -0.398 e. The van der Waals surface area contributed by atoms with E-state index in [4.69, 9.17) is 5.73 Å². The van der Waals surface area contributed by atoms with Gasteiger partial charge in [0.2, 0.25) is 0 Å². The number of nitrogen functional groups attached to an aromatic ring is 1. The van der Waals surface area contributed by atoms with Crippen molar-refractivity contribution >= 4 is 22.1 Å². The van der Waals surface area contributed by atoms with Gasteiger partial charge in [0.15, 0.2) is 0 Å². The van der Waals surface area contributed by atoms with Gasteiger partial charge in [-0.05, 0) is 31.0 Å². The van der Waals surface area contributed by atoms with Crippen molar-refractivity contribution in [2.45, 2.75) is 18.9 Å². The van der Waals surface area contributed by atoms with Gasteiger partial charge in [0.1, 0.15) is 0 Å². The number of rotatable bonds is 2.